The predicted octanol–water partition coefficient (Wildman–Crippen LogP) is 3.50. The third-order valence-electron chi connectivity index (χ3n) is 2.68. The Morgan fingerprint density at radius 2 is 2.19 bits per heavy atom. The number of aliphatic carboxylic acids is 1. The molecule has 0 bridgehead atoms. The molecular formula is C13H13ClFN3O2S. The number of hydrogen-bond donors (Lipinski definition) is 1. The Morgan fingerprint density at radius 3 is 2.76 bits per heavy atom. The molecule has 2 aromatic rings. The molecule has 0 saturated heterocycles. The SMILES string of the molecule is CC(C)n1c(SCC(=O)O)nnc1-c1ccc(F)cc1Cl. The van der Waals surface area contributed by atoms with E-state index in [4.69, 9.17) is 16.7 Å². The summed E-state index contributed by atoms with van der Waals surface area (Å²) in [5, 5.41) is 17.6. The molecule has 1 aromatic carbocycles. The Morgan fingerprint density at radius 1 is 1.48 bits per heavy atom. The summed E-state index contributed by atoms with van der Waals surface area (Å²) in [5.74, 6) is -0.982. The topological polar surface area (TPSA) is 68.0 Å². The van der Waals surface area contributed by atoms with Gasteiger partial charge >= 0.3 is 5.97 Å². The molecule has 1 heterocycles. The third-order valence-corrected chi connectivity index (χ3v) is 3.92. The summed E-state index contributed by atoms with van der Waals surface area (Å²) < 4.78 is 14.9. The molecular weight excluding hydrogens is 317 g/mol. The lowest BCUT2D eigenvalue weighted by Gasteiger charge is -2.14. The lowest BCUT2D eigenvalue weighted by atomic mass is 10.2. The van der Waals surface area contributed by atoms with Crippen molar-refractivity contribution in [2.24, 2.45) is 0 Å². The van der Waals surface area contributed by atoms with Gasteiger partial charge < -0.3 is 5.11 Å². The quantitative estimate of drug-likeness (QED) is 0.850. The Labute approximate surface area is 130 Å². The Kier molecular flexibility index (Phi) is 4.84. The van der Waals surface area contributed by atoms with Gasteiger partial charge in [-0.1, -0.05) is 23.4 Å². The first-order valence-corrected chi connectivity index (χ1v) is 7.51. The predicted molar refractivity (Wildman–Crippen MR) is 79.2 cm³/mol. The molecule has 2 rings (SSSR count). The third kappa shape index (κ3) is 3.54. The fourth-order valence-electron chi connectivity index (χ4n) is 1.82. The molecule has 21 heavy (non-hydrogen) atoms. The second-order valence-corrected chi connectivity index (χ2v) is 5.93. The van der Waals surface area contributed by atoms with Crippen molar-refractivity contribution < 1.29 is 14.3 Å². The number of rotatable bonds is 5. The number of nitrogens with zero attached hydrogens (tertiary/aromatic N) is 3. The van der Waals surface area contributed by atoms with E-state index in [1.807, 2.05) is 13.8 Å². The van der Waals surface area contributed by atoms with Gasteiger partial charge in [-0.3, -0.25) is 9.36 Å². The van der Waals surface area contributed by atoms with Gasteiger partial charge in [-0.05, 0) is 32.0 Å². The number of carboxylic acid groups (broad SMARTS) is 1. The van der Waals surface area contributed by atoms with Crippen LogP contribution in [0.5, 0.6) is 0 Å². The molecule has 0 fully saturated rings. The van der Waals surface area contributed by atoms with Gasteiger partial charge in [0.1, 0.15) is 5.82 Å². The molecule has 1 N–H and O–H groups in total. The standard InChI is InChI=1S/C13H13ClFN3O2S/c1-7(2)18-12(9-4-3-8(15)5-10(9)14)16-17-13(18)21-6-11(19)20/h3-5,7H,6H2,1-2H3,(H,19,20). The number of hydrogen-bond acceptors (Lipinski definition) is 4. The van der Waals surface area contributed by atoms with Crippen molar-refractivity contribution in [2.45, 2.75) is 25.0 Å². The van der Waals surface area contributed by atoms with Crippen LogP contribution in [-0.4, -0.2) is 31.6 Å². The van der Waals surface area contributed by atoms with Crippen LogP contribution in [0, 0.1) is 5.82 Å². The van der Waals surface area contributed by atoms with Crippen LogP contribution < -0.4 is 0 Å². The van der Waals surface area contributed by atoms with Crippen molar-refractivity contribution >= 4 is 29.3 Å². The highest BCUT2D eigenvalue weighted by molar-refractivity contribution is 7.99. The molecule has 0 amide bonds. The summed E-state index contributed by atoms with van der Waals surface area (Å²) in [5.41, 5.74) is 0.557. The van der Waals surface area contributed by atoms with E-state index in [2.05, 4.69) is 10.2 Å². The van der Waals surface area contributed by atoms with E-state index in [1.54, 1.807) is 4.57 Å². The van der Waals surface area contributed by atoms with Crippen LogP contribution in [0.15, 0.2) is 23.4 Å². The van der Waals surface area contributed by atoms with E-state index in [1.165, 1.54) is 18.2 Å². The zero-order valence-corrected chi connectivity index (χ0v) is 13.0. The van der Waals surface area contributed by atoms with Gasteiger partial charge in [-0.25, -0.2) is 4.39 Å². The van der Waals surface area contributed by atoms with Crippen LogP contribution in [0.3, 0.4) is 0 Å². The van der Waals surface area contributed by atoms with Gasteiger partial charge in [0.15, 0.2) is 11.0 Å². The molecule has 1 aromatic heterocycles. The average Bonchev–Trinajstić information content (AvgIpc) is 2.80. The zero-order chi connectivity index (χ0) is 15.6. The molecule has 0 aliphatic rings. The first kappa shape index (κ1) is 15.8. The highest BCUT2D eigenvalue weighted by atomic mass is 35.5. The van der Waals surface area contributed by atoms with Gasteiger partial charge in [-0.2, -0.15) is 0 Å². The molecule has 0 aliphatic carbocycles. The number of aromatic nitrogens is 3. The van der Waals surface area contributed by atoms with Gasteiger partial charge in [0.2, 0.25) is 0 Å². The number of carbonyl (C=O) groups is 1. The maximum Gasteiger partial charge on any atom is 0.313 e. The average molecular weight is 330 g/mol. The van der Waals surface area contributed by atoms with Gasteiger partial charge in [-0.15, -0.1) is 10.2 Å². The summed E-state index contributed by atoms with van der Waals surface area (Å²) in [7, 11) is 0. The fourth-order valence-corrected chi connectivity index (χ4v) is 2.86. The molecule has 0 saturated carbocycles. The molecule has 112 valence electrons. The van der Waals surface area contributed by atoms with E-state index in [0.717, 1.165) is 11.8 Å². The highest BCUT2D eigenvalue weighted by Gasteiger charge is 2.19. The second-order valence-electron chi connectivity index (χ2n) is 4.58. The smallest absolute Gasteiger partial charge is 0.313 e. The molecule has 8 heteroatoms. The second kappa shape index (κ2) is 6.44. The number of carboxylic acids is 1. The van der Waals surface area contributed by atoms with Crippen molar-refractivity contribution in [1.82, 2.24) is 14.8 Å². The van der Waals surface area contributed by atoms with Crippen molar-refractivity contribution in [3.63, 3.8) is 0 Å². The van der Waals surface area contributed by atoms with E-state index >= 15 is 0 Å². The minimum Gasteiger partial charge on any atom is -0.481 e. The first-order chi connectivity index (χ1) is 9.90. The van der Waals surface area contributed by atoms with Crippen LogP contribution in [0.2, 0.25) is 5.02 Å². The molecule has 5 nitrogen and oxygen atoms in total. The summed E-state index contributed by atoms with van der Waals surface area (Å²) in [6.45, 7) is 3.85. The van der Waals surface area contributed by atoms with Crippen molar-refractivity contribution in [2.75, 3.05) is 5.75 Å². The van der Waals surface area contributed by atoms with Gasteiger partial charge in [0, 0.05) is 11.6 Å². The fraction of sp³-hybridized carbons (Fsp3) is 0.308. The van der Waals surface area contributed by atoms with Crippen LogP contribution in [0.4, 0.5) is 4.39 Å². The van der Waals surface area contributed by atoms with Gasteiger partial charge in [0.05, 0.1) is 10.8 Å². The van der Waals surface area contributed by atoms with Crippen molar-refractivity contribution in [3.05, 3.63) is 29.0 Å². The van der Waals surface area contributed by atoms with Gasteiger partial charge in [0.25, 0.3) is 0 Å². The van der Waals surface area contributed by atoms with E-state index in [-0.39, 0.29) is 16.8 Å². The highest BCUT2D eigenvalue weighted by Crippen LogP contribution is 2.32. The summed E-state index contributed by atoms with van der Waals surface area (Å²) in [6.07, 6.45) is 0. The summed E-state index contributed by atoms with van der Waals surface area (Å²) in [6, 6.07) is 4.05. The molecule has 0 unspecified atom stereocenters. The van der Waals surface area contributed by atoms with Crippen LogP contribution >= 0.6 is 23.4 Å². The Bertz CT molecular complexity index is 675. The minimum atomic E-state index is -0.931. The largest absolute Gasteiger partial charge is 0.481 e. The molecule has 0 aliphatic heterocycles. The number of halogens is 2. The van der Waals surface area contributed by atoms with Crippen LogP contribution in [0.25, 0.3) is 11.4 Å². The first-order valence-electron chi connectivity index (χ1n) is 6.15. The Hall–Kier alpha value is -1.60. The lowest BCUT2D eigenvalue weighted by Crippen LogP contribution is -2.07. The Balaban J connectivity index is 2.46. The minimum absolute atomic E-state index is 0.00687. The van der Waals surface area contributed by atoms with E-state index < -0.39 is 11.8 Å². The number of thioether (sulfide) groups is 1. The summed E-state index contributed by atoms with van der Waals surface area (Å²) in [4.78, 5) is 10.7. The number of benzene rings is 1. The summed E-state index contributed by atoms with van der Waals surface area (Å²) >= 11 is 7.14. The molecule has 0 radical (unpaired) electrons. The molecule has 0 atom stereocenters. The van der Waals surface area contributed by atoms with Crippen LogP contribution in [0.1, 0.15) is 19.9 Å². The van der Waals surface area contributed by atoms with E-state index in [0.29, 0.717) is 16.5 Å². The maximum absolute atomic E-state index is 13.1. The lowest BCUT2D eigenvalue weighted by molar-refractivity contribution is -0.133. The normalized spacial score (nSPS) is 11.1. The van der Waals surface area contributed by atoms with Crippen molar-refractivity contribution in [1.29, 1.82) is 0 Å². The van der Waals surface area contributed by atoms with Crippen LogP contribution in [-0.2, 0) is 4.79 Å². The zero-order valence-electron chi connectivity index (χ0n) is 11.4. The molecule has 0 spiro atoms. The maximum atomic E-state index is 13.1. The van der Waals surface area contributed by atoms with E-state index in [9.17, 15) is 9.18 Å². The monoisotopic (exact) mass is 329 g/mol. The van der Waals surface area contributed by atoms with Crippen molar-refractivity contribution in [3.8, 4) is 11.4 Å².